The van der Waals surface area contributed by atoms with E-state index in [1.54, 1.807) is 36.4 Å². The van der Waals surface area contributed by atoms with E-state index in [9.17, 15) is 4.89 Å². The third-order valence-electron chi connectivity index (χ3n) is 2.48. The van der Waals surface area contributed by atoms with Crippen molar-refractivity contribution < 1.29 is 18.1 Å². The lowest BCUT2D eigenvalue weighted by Crippen LogP contribution is -2.28. The minimum Gasteiger partial charge on any atom is -0.432 e. The average Bonchev–Trinajstić information content (AvgIpc) is 3.10. The van der Waals surface area contributed by atoms with Crippen LogP contribution in [0.2, 0.25) is 0 Å². The molecule has 0 atom stereocenters. The summed E-state index contributed by atoms with van der Waals surface area (Å²) in [5, 5.41) is 0. The highest BCUT2D eigenvalue weighted by Gasteiger charge is 2.53. The lowest BCUT2D eigenvalue weighted by Gasteiger charge is -2.09. The molecule has 5 heteroatoms. The van der Waals surface area contributed by atoms with Gasteiger partial charge in [0.05, 0.1) is 18.8 Å². The molecule has 0 aliphatic heterocycles. The number of rotatable bonds is 3. The molecule has 3 aromatic heterocycles. The Morgan fingerprint density at radius 2 is 1.06 bits per heavy atom. The molecule has 0 unspecified atom stereocenters. The predicted molar refractivity (Wildman–Crippen MR) is 64.2 cm³/mol. The van der Waals surface area contributed by atoms with E-state index >= 15 is 0 Å². The van der Waals surface area contributed by atoms with Crippen molar-refractivity contribution in [3.8, 4) is 0 Å². The highest BCUT2D eigenvalue weighted by atomic mass is 31.2. The minimum absolute atomic E-state index is 0.461. The van der Waals surface area contributed by atoms with Crippen molar-refractivity contribution in [1.82, 2.24) is 0 Å². The third kappa shape index (κ3) is 1.54. The summed E-state index contributed by atoms with van der Waals surface area (Å²) in [5.41, 5.74) is 1.38. The van der Waals surface area contributed by atoms with Crippen molar-refractivity contribution in [2.45, 2.75) is 0 Å². The molecule has 0 radical (unpaired) electrons. The van der Waals surface area contributed by atoms with Crippen LogP contribution in [0.4, 0.5) is 0 Å². The highest BCUT2D eigenvalue weighted by molar-refractivity contribution is 7.90. The lowest BCUT2D eigenvalue weighted by molar-refractivity contribution is 0.536. The van der Waals surface area contributed by atoms with Crippen LogP contribution in [0.3, 0.4) is 0 Å². The van der Waals surface area contributed by atoms with Crippen molar-refractivity contribution in [1.29, 1.82) is 0 Å². The van der Waals surface area contributed by atoms with Crippen LogP contribution in [0.1, 0.15) is 0 Å². The summed E-state index contributed by atoms with van der Waals surface area (Å²) in [7, 11) is -2.88. The Morgan fingerprint density at radius 1 is 0.706 bits per heavy atom. The van der Waals surface area contributed by atoms with Crippen molar-refractivity contribution in [3.05, 3.63) is 55.2 Å². The van der Waals surface area contributed by atoms with E-state index in [4.69, 9.17) is 13.3 Å². The van der Waals surface area contributed by atoms with Gasteiger partial charge in [-0.15, -0.1) is 0 Å². The SMILES string of the molecule is O[P+](c1ccco1)(c1ccco1)c1ccco1. The van der Waals surface area contributed by atoms with Crippen LogP contribution >= 0.6 is 7.49 Å². The molecule has 0 aromatic carbocycles. The van der Waals surface area contributed by atoms with Crippen molar-refractivity contribution in [2.75, 3.05) is 0 Å². The number of furan rings is 3. The monoisotopic (exact) mass is 249 g/mol. The molecular weight excluding hydrogens is 239 g/mol. The first-order valence-electron chi connectivity index (χ1n) is 5.06. The third-order valence-corrected chi connectivity index (χ3v) is 5.15. The van der Waals surface area contributed by atoms with Crippen LogP contribution in [0.15, 0.2) is 68.4 Å². The molecule has 1 N–H and O–H groups in total. The Morgan fingerprint density at radius 3 is 1.29 bits per heavy atom. The van der Waals surface area contributed by atoms with Gasteiger partial charge in [0.2, 0.25) is 0 Å². The second-order valence-corrected chi connectivity index (χ2v) is 6.08. The molecule has 3 rings (SSSR count). The molecule has 0 saturated carbocycles. The standard InChI is InChI=1S/C12H10O4P/c13-17(10-4-1-7-14-10,11-5-2-8-15-11)12-6-3-9-16-12/h1-9,13H/q+1. The van der Waals surface area contributed by atoms with Crippen LogP contribution < -0.4 is 16.5 Å². The van der Waals surface area contributed by atoms with E-state index < -0.39 is 7.49 Å². The van der Waals surface area contributed by atoms with Gasteiger partial charge >= 0.3 is 7.49 Å². The molecule has 0 saturated heterocycles. The Balaban J connectivity index is 2.21. The van der Waals surface area contributed by atoms with Gasteiger partial charge in [-0.1, -0.05) is 0 Å². The van der Waals surface area contributed by atoms with E-state index in [2.05, 4.69) is 0 Å². The van der Waals surface area contributed by atoms with Crippen LogP contribution in [0.25, 0.3) is 0 Å². The molecule has 0 aliphatic carbocycles. The van der Waals surface area contributed by atoms with Gasteiger partial charge in [-0.2, -0.15) is 0 Å². The molecule has 86 valence electrons. The van der Waals surface area contributed by atoms with Crippen molar-refractivity contribution in [3.63, 3.8) is 0 Å². The first-order chi connectivity index (χ1) is 8.32. The zero-order valence-corrected chi connectivity index (χ0v) is 9.71. The summed E-state index contributed by atoms with van der Waals surface area (Å²) in [6, 6.07) is 10.3. The molecule has 0 amide bonds. The van der Waals surface area contributed by atoms with Crippen LogP contribution in [0, 0.1) is 0 Å². The molecule has 0 fully saturated rings. The summed E-state index contributed by atoms with van der Waals surface area (Å²) in [6.07, 6.45) is 4.56. The normalized spacial score (nSPS) is 11.8. The van der Waals surface area contributed by atoms with Gasteiger partial charge < -0.3 is 13.3 Å². The van der Waals surface area contributed by atoms with E-state index in [0.717, 1.165) is 0 Å². The Kier molecular flexibility index (Phi) is 2.39. The van der Waals surface area contributed by atoms with Crippen LogP contribution in [-0.4, -0.2) is 4.89 Å². The van der Waals surface area contributed by atoms with E-state index in [0.29, 0.717) is 16.5 Å². The smallest absolute Gasteiger partial charge is 0.350 e. The average molecular weight is 249 g/mol. The fraction of sp³-hybridized carbons (Fsp3) is 0. The number of hydrogen-bond donors (Lipinski definition) is 1. The first kappa shape index (κ1) is 10.4. The second kappa shape index (κ2) is 3.91. The van der Waals surface area contributed by atoms with Gasteiger partial charge in [0, 0.05) is 18.2 Å². The molecule has 4 nitrogen and oxygen atoms in total. The first-order valence-corrected chi connectivity index (χ1v) is 6.80. The largest absolute Gasteiger partial charge is 0.432 e. The summed E-state index contributed by atoms with van der Waals surface area (Å²) in [5.74, 6) is 0. The molecule has 0 aliphatic rings. The highest BCUT2D eigenvalue weighted by Crippen LogP contribution is 2.51. The van der Waals surface area contributed by atoms with E-state index in [1.807, 2.05) is 0 Å². The fourth-order valence-corrected chi connectivity index (χ4v) is 3.89. The van der Waals surface area contributed by atoms with Gasteiger partial charge in [-0.25, -0.2) is 4.89 Å². The van der Waals surface area contributed by atoms with Gasteiger partial charge in [-0.05, 0) is 18.2 Å². The zero-order chi connectivity index (χ0) is 11.7. The predicted octanol–water partition coefficient (Wildman–Crippen LogP) is 1.67. The summed E-state index contributed by atoms with van der Waals surface area (Å²) < 4.78 is 16.0. The summed E-state index contributed by atoms with van der Waals surface area (Å²) in [4.78, 5) is 10.9. The molecular formula is C12H10O4P+. The number of hydrogen-bond acceptors (Lipinski definition) is 4. The quantitative estimate of drug-likeness (QED) is 0.717. The Hall–Kier alpha value is -1.77. The van der Waals surface area contributed by atoms with E-state index in [-0.39, 0.29) is 0 Å². The topological polar surface area (TPSA) is 59.7 Å². The van der Waals surface area contributed by atoms with E-state index in [1.165, 1.54) is 18.8 Å². The summed E-state index contributed by atoms with van der Waals surface area (Å²) >= 11 is 0. The van der Waals surface area contributed by atoms with Gasteiger partial charge in [0.25, 0.3) is 16.5 Å². The Labute approximate surface area is 97.9 Å². The molecule has 3 heterocycles. The minimum atomic E-state index is -2.88. The molecule has 0 spiro atoms. The molecule has 17 heavy (non-hydrogen) atoms. The Bertz CT molecular complexity index is 482. The zero-order valence-electron chi connectivity index (χ0n) is 8.82. The maximum atomic E-state index is 10.9. The van der Waals surface area contributed by atoms with Gasteiger partial charge in [0.15, 0.2) is 0 Å². The maximum absolute atomic E-state index is 10.9. The van der Waals surface area contributed by atoms with Crippen LogP contribution in [0.5, 0.6) is 0 Å². The molecule has 3 aromatic rings. The fourth-order valence-electron chi connectivity index (χ4n) is 1.69. The summed E-state index contributed by atoms with van der Waals surface area (Å²) in [6.45, 7) is 0. The van der Waals surface area contributed by atoms with Gasteiger partial charge in [0.1, 0.15) is 0 Å². The van der Waals surface area contributed by atoms with Gasteiger partial charge in [-0.3, -0.25) is 0 Å². The van der Waals surface area contributed by atoms with Crippen molar-refractivity contribution >= 4 is 24.0 Å². The lowest BCUT2D eigenvalue weighted by atomic mass is 10.7. The van der Waals surface area contributed by atoms with Crippen molar-refractivity contribution in [2.24, 2.45) is 0 Å². The second-order valence-electron chi connectivity index (χ2n) is 3.49. The maximum Gasteiger partial charge on any atom is 0.350 e. The van der Waals surface area contributed by atoms with Crippen LogP contribution in [-0.2, 0) is 0 Å². The molecule has 0 bridgehead atoms.